The summed E-state index contributed by atoms with van der Waals surface area (Å²) in [5, 5.41) is 0. The van der Waals surface area contributed by atoms with Gasteiger partial charge in [-0.15, -0.1) is 0 Å². The molecule has 6 heteroatoms. The molecular weight excluding hydrogens is 480 g/mol. The first-order chi connectivity index (χ1) is 18.0. The van der Waals surface area contributed by atoms with Gasteiger partial charge in [-0.05, 0) is 61.1 Å². The van der Waals surface area contributed by atoms with Crippen LogP contribution in [0.3, 0.4) is 0 Å². The molecule has 0 saturated carbocycles. The van der Waals surface area contributed by atoms with Crippen molar-refractivity contribution in [3.63, 3.8) is 0 Å². The van der Waals surface area contributed by atoms with Crippen molar-refractivity contribution in [3.8, 4) is 11.5 Å². The Labute approximate surface area is 218 Å². The van der Waals surface area contributed by atoms with Crippen LogP contribution in [-0.4, -0.2) is 13.2 Å². The minimum Gasteiger partial charge on any atom is -0.490 e. The second-order valence-corrected chi connectivity index (χ2v) is 9.52. The molecule has 2 nitrogen and oxygen atoms in total. The molecule has 0 aromatic heterocycles. The summed E-state index contributed by atoms with van der Waals surface area (Å²) in [6.45, 7) is 4.93. The molecular formula is C31H38F4O2. The van der Waals surface area contributed by atoms with E-state index < -0.39 is 23.3 Å². The van der Waals surface area contributed by atoms with E-state index >= 15 is 0 Å². The van der Waals surface area contributed by atoms with Gasteiger partial charge in [0, 0.05) is 11.1 Å². The molecule has 0 aliphatic heterocycles. The molecule has 3 rings (SSSR count). The molecule has 202 valence electrons. The van der Waals surface area contributed by atoms with Gasteiger partial charge < -0.3 is 9.47 Å². The summed E-state index contributed by atoms with van der Waals surface area (Å²) in [5.41, 5.74) is 1.50. The lowest BCUT2D eigenvalue weighted by molar-refractivity contribution is 0.285. The fourth-order valence-electron chi connectivity index (χ4n) is 4.45. The van der Waals surface area contributed by atoms with Crippen molar-refractivity contribution in [3.05, 3.63) is 70.8 Å². The van der Waals surface area contributed by atoms with Gasteiger partial charge in [0.2, 0.25) is 11.6 Å². The predicted octanol–water partition coefficient (Wildman–Crippen LogP) is 9.81. The molecule has 0 amide bonds. The third-order valence-corrected chi connectivity index (χ3v) is 6.68. The zero-order chi connectivity index (χ0) is 26.6. The van der Waals surface area contributed by atoms with Crippen molar-refractivity contribution in [1.29, 1.82) is 0 Å². The Kier molecular flexibility index (Phi) is 11.6. The van der Waals surface area contributed by atoms with Gasteiger partial charge in [0.15, 0.2) is 23.1 Å². The van der Waals surface area contributed by atoms with Gasteiger partial charge in [-0.1, -0.05) is 70.9 Å². The lowest BCUT2D eigenvalue weighted by atomic mass is 9.90. The number of unbranched alkanes of at least 4 members (excludes halogenated alkanes) is 7. The molecule has 0 heterocycles. The molecule has 0 fully saturated rings. The van der Waals surface area contributed by atoms with E-state index in [9.17, 15) is 17.6 Å². The average molecular weight is 519 g/mol. The molecule has 0 bridgehead atoms. The van der Waals surface area contributed by atoms with Crippen molar-refractivity contribution in [2.24, 2.45) is 0 Å². The lowest BCUT2D eigenvalue weighted by Gasteiger charge is -2.17. The van der Waals surface area contributed by atoms with Gasteiger partial charge in [-0.3, -0.25) is 0 Å². The highest BCUT2D eigenvalue weighted by molar-refractivity contribution is 5.78. The minimum atomic E-state index is -1.00. The predicted molar refractivity (Wildman–Crippen MR) is 142 cm³/mol. The summed E-state index contributed by atoms with van der Waals surface area (Å²) in [5.74, 6) is -4.09. The van der Waals surface area contributed by atoms with Gasteiger partial charge >= 0.3 is 0 Å². The summed E-state index contributed by atoms with van der Waals surface area (Å²) in [7, 11) is 0. The smallest absolute Gasteiger partial charge is 0.201 e. The summed E-state index contributed by atoms with van der Waals surface area (Å²) in [6.07, 6.45) is 13.2. The first-order valence-electron chi connectivity index (χ1n) is 13.6. The molecule has 0 atom stereocenters. The Morgan fingerprint density at radius 1 is 0.541 bits per heavy atom. The number of benzene rings is 2. The monoisotopic (exact) mass is 518 g/mol. The SMILES string of the molecule is CCCCCCCOc1ccc(C2=CCC(c3ccc(OCCCCCC)c(F)c3F)=CC2)c(F)c1F. The van der Waals surface area contributed by atoms with E-state index in [-0.39, 0.29) is 35.5 Å². The van der Waals surface area contributed by atoms with Crippen LogP contribution in [0.1, 0.15) is 95.6 Å². The van der Waals surface area contributed by atoms with Crippen LogP contribution in [0.2, 0.25) is 0 Å². The van der Waals surface area contributed by atoms with Crippen molar-refractivity contribution in [2.75, 3.05) is 13.2 Å². The fourth-order valence-corrected chi connectivity index (χ4v) is 4.45. The molecule has 2 aromatic rings. The van der Waals surface area contributed by atoms with E-state index in [0.29, 0.717) is 24.4 Å². The molecule has 0 spiro atoms. The third kappa shape index (κ3) is 7.86. The van der Waals surface area contributed by atoms with Crippen molar-refractivity contribution >= 4 is 11.1 Å². The Morgan fingerprint density at radius 2 is 0.946 bits per heavy atom. The van der Waals surface area contributed by atoms with Gasteiger partial charge in [-0.2, -0.15) is 8.78 Å². The Balaban J connectivity index is 1.60. The zero-order valence-electron chi connectivity index (χ0n) is 22.0. The quantitative estimate of drug-likeness (QED) is 0.173. The summed E-state index contributed by atoms with van der Waals surface area (Å²) < 4.78 is 69.7. The van der Waals surface area contributed by atoms with Crippen molar-refractivity contribution in [2.45, 2.75) is 84.5 Å². The Morgan fingerprint density at radius 3 is 1.35 bits per heavy atom. The van der Waals surface area contributed by atoms with Gasteiger partial charge in [-0.25, -0.2) is 8.78 Å². The molecule has 1 aliphatic rings. The van der Waals surface area contributed by atoms with Crippen LogP contribution in [0.4, 0.5) is 17.6 Å². The number of rotatable bonds is 15. The highest BCUT2D eigenvalue weighted by Gasteiger charge is 2.21. The molecule has 0 saturated heterocycles. The maximum atomic E-state index is 14.8. The van der Waals surface area contributed by atoms with E-state index in [0.717, 1.165) is 57.8 Å². The number of hydrogen-bond donors (Lipinski definition) is 0. The zero-order valence-corrected chi connectivity index (χ0v) is 22.0. The fraction of sp³-hybridized carbons (Fsp3) is 0.484. The molecule has 0 N–H and O–H groups in total. The highest BCUT2D eigenvalue weighted by Crippen LogP contribution is 2.36. The van der Waals surface area contributed by atoms with Crippen LogP contribution in [0.25, 0.3) is 11.1 Å². The first-order valence-corrected chi connectivity index (χ1v) is 13.6. The van der Waals surface area contributed by atoms with Crippen molar-refractivity contribution in [1.82, 2.24) is 0 Å². The number of hydrogen-bond acceptors (Lipinski definition) is 2. The standard InChI is InChI=1S/C31H38F4O2/c1-3-5-7-9-11-21-37-27-19-17-25(29(33)31(27)35)23-14-12-22(13-15-23)24-16-18-26(30(34)28(24)32)36-20-10-8-6-4-2/h12,15-19H,3-11,13-14,20-21H2,1-2H3. The van der Waals surface area contributed by atoms with E-state index in [1.54, 1.807) is 12.2 Å². The van der Waals surface area contributed by atoms with E-state index in [4.69, 9.17) is 9.47 Å². The Hall–Kier alpha value is -2.76. The maximum absolute atomic E-state index is 14.8. The highest BCUT2D eigenvalue weighted by atomic mass is 19.2. The second-order valence-electron chi connectivity index (χ2n) is 9.52. The van der Waals surface area contributed by atoms with Gasteiger partial charge in [0.05, 0.1) is 13.2 Å². The van der Waals surface area contributed by atoms with E-state index in [1.165, 1.54) is 24.3 Å². The largest absolute Gasteiger partial charge is 0.490 e. The summed E-state index contributed by atoms with van der Waals surface area (Å²) in [6, 6.07) is 5.93. The third-order valence-electron chi connectivity index (χ3n) is 6.68. The maximum Gasteiger partial charge on any atom is 0.201 e. The Bertz CT molecular complexity index is 1090. The summed E-state index contributed by atoms with van der Waals surface area (Å²) >= 11 is 0. The molecule has 37 heavy (non-hydrogen) atoms. The molecule has 0 unspecified atom stereocenters. The second kappa shape index (κ2) is 14.8. The van der Waals surface area contributed by atoms with Crippen LogP contribution in [0.15, 0.2) is 36.4 Å². The number of allylic oxidation sites excluding steroid dienone is 4. The van der Waals surface area contributed by atoms with Crippen LogP contribution >= 0.6 is 0 Å². The molecule has 1 aliphatic carbocycles. The molecule has 0 radical (unpaired) electrons. The van der Waals surface area contributed by atoms with Gasteiger partial charge in [0.25, 0.3) is 0 Å². The number of ether oxygens (including phenoxy) is 2. The van der Waals surface area contributed by atoms with Crippen LogP contribution in [0, 0.1) is 23.3 Å². The normalized spacial score (nSPS) is 13.4. The lowest BCUT2D eigenvalue weighted by Crippen LogP contribution is -2.04. The van der Waals surface area contributed by atoms with Gasteiger partial charge in [0.1, 0.15) is 0 Å². The first kappa shape index (κ1) is 28.8. The van der Waals surface area contributed by atoms with E-state index in [2.05, 4.69) is 13.8 Å². The van der Waals surface area contributed by atoms with Crippen LogP contribution in [-0.2, 0) is 0 Å². The minimum absolute atomic E-state index is 0.0883. The molecule has 2 aromatic carbocycles. The average Bonchev–Trinajstić information content (AvgIpc) is 2.91. The summed E-state index contributed by atoms with van der Waals surface area (Å²) in [4.78, 5) is 0. The van der Waals surface area contributed by atoms with Crippen LogP contribution < -0.4 is 9.47 Å². The van der Waals surface area contributed by atoms with E-state index in [1.807, 2.05) is 0 Å². The van der Waals surface area contributed by atoms with Crippen LogP contribution in [0.5, 0.6) is 11.5 Å². The topological polar surface area (TPSA) is 18.5 Å². The van der Waals surface area contributed by atoms with Crippen molar-refractivity contribution < 1.29 is 27.0 Å². The number of halogens is 4.